The van der Waals surface area contributed by atoms with Crippen molar-refractivity contribution in [1.29, 1.82) is 0 Å². The van der Waals surface area contributed by atoms with E-state index in [4.69, 9.17) is 5.73 Å². The maximum atomic E-state index is 12.2. The molecule has 1 aromatic rings. The zero-order valence-electron chi connectivity index (χ0n) is 11.8. The second kappa shape index (κ2) is 5.70. The third kappa shape index (κ3) is 3.53. The van der Waals surface area contributed by atoms with Crippen LogP contribution < -0.4 is 5.73 Å². The number of piperidine rings is 1. The first-order valence-electron chi connectivity index (χ1n) is 6.91. The van der Waals surface area contributed by atoms with Gasteiger partial charge in [-0.05, 0) is 29.9 Å². The molecule has 0 spiro atoms. The number of aromatic nitrogens is 1. The van der Waals surface area contributed by atoms with E-state index in [9.17, 15) is 4.79 Å². The summed E-state index contributed by atoms with van der Waals surface area (Å²) < 4.78 is 0. The number of nitrogens with two attached hydrogens (primary N) is 1. The van der Waals surface area contributed by atoms with Crippen molar-refractivity contribution in [2.24, 2.45) is 11.1 Å². The molecular weight excluding hydrogens is 238 g/mol. The topological polar surface area (TPSA) is 59.2 Å². The van der Waals surface area contributed by atoms with Crippen LogP contribution in [0.3, 0.4) is 0 Å². The Kier molecular flexibility index (Phi) is 4.20. The van der Waals surface area contributed by atoms with Gasteiger partial charge in [0, 0.05) is 37.9 Å². The lowest BCUT2D eigenvalue weighted by Gasteiger charge is -2.42. The Bertz CT molecular complexity index is 430. The van der Waals surface area contributed by atoms with Crippen molar-refractivity contribution >= 4 is 5.91 Å². The zero-order chi connectivity index (χ0) is 13.9. The highest BCUT2D eigenvalue weighted by molar-refractivity contribution is 5.76. The molecule has 0 saturated carbocycles. The number of rotatable bonds is 3. The van der Waals surface area contributed by atoms with Crippen molar-refractivity contribution < 1.29 is 4.79 Å². The Morgan fingerprint density at radius 1 is 1.58 bits per heavy atom. The Balaban J connectivity index is 1.84. The van der Waals surface area contributed by atoms with Crippen LogP contribution in [0.4, 0.5) is 0 Å². The molecule has 1 unspecified atom stereocenters. The average molecular weight is 261 g/mol. The maximum Gasteiger partial charge on any atom is 0.222 e. The van der Waals surface area contributed by atoms with Gasteiger partial charge in [-0.15, -0.1) is 0 Å². The number of carbonyl (C=O) groups is 1. The fourth-order valence-electron chi connectivity index (χ4n) is 2.37. The first kappa shape index (κ1) is 14.0. The van der Waals surface area contributed by atoms with Crippen LogP contribution in [0.2, 0.25) is 0 Å². The predicted molar refractivity (Wildman–Crippen MR) is 75.5 cm³/mol. The minimum atomic E-state index is 0.0728. The van der Waals surface area contributed by atoms with Crippen molar-refractivity contribution in [2.45, 2.75) is 39.2 Å². The van der Waals surface area contributed by atoms with E-state index < -0.39 is 0 Å². The van der Waals surface area contributed by atoms with E-state index in [0.717, 1.165) is 24.9 Å². The molecule has 4 heteroatoms. The molecule has 1 aliphatic rings. The molecule has 0 bridgehead atoms. The number of hydrogen-bond donors (Lipinski definition) is 1. The molecule has 0 aliphatic carbocycles. The van der Waals surface area contributed by atoms with Crippen molar-refractivity contribution in [3.05, 3.63) is 30.1 Å². The highest BCUT2D eigenvalue weighted by Crippen LogP contribution is 2.29. The number of carbonyl (C=O) groups excluding carboxylic acids is 1. The Morgan fingerprint density at radius 3 is 3.00 bits per heavy atom. The third-order valence-electron chi connectivity index (χ3n) is 4.15. The highest BCUT2D eigenvalue weighted by Gasteiger charge is 2.34. The molecule has 0 radical (unpaired) electrons. The smallest absolute Gasteiger partial charge is 0.222 e. The fourth-order valence-corrected chi connectivity index (χ4v) is 2.37. The Labute approximate surface area is 115 Å². The first-order valence-corrected chi connectivity index (χ1v) is 6.91. The molecule has 1 saturated heterocycles. The lowest BCUT2D eigenvalue weighted by Crippen LogP contribution is -2.54. The average Bonchev–Trinajstić information content (AvgIpc) is 2.40. The summed E-state index contributed by atoms with van der Waals surface area (Å²) in [6.07, 6.45) is 5.84. The summed E-state index contributed by atoms with van der Waals surface area (Å²) in [5.41, 5.74) is 7.39. The minimum absolute atomic E-state index is 0.0728. The van der Waals surface area contributed by atoms with Gasteiger partial charge in [0.05, 0.1) is 0 Å². The molecule has 1 amide bonds. The van der Waals surface area contributed by atoms with Crippen LogP contribution in [-0.4, -0.2) is 34.9 Å². The molecule has 2 rings (SSSR count). The second-order valence-electron chi connectivity index (χ2n) is 6.05. The quantitative estimate of drug-likeness (QED) is 0.899. The predicted octanol–water partition coefficient (Wildman–Crippen LogP) is 1.60. The van der Waals surface area contributed by atoms with Gasteiger partial charge in [-0.25, -0.2) is 0 Å². The van der Waals surface area contributed by atoms with Gasteiger partial charge < -0.3 is 10.6 Å². The number of aryl methyl sites for hydroxylation is 1. The number of likely N-dealkylation sites (tertiary alicyclic amines) is 1. The fraction of sp³-hybridized carbons (Fsp3) is 0.600. The molecule has 1 aromatic heterocycles. The van der Waals surface area contributed by atoms with Gasteiger partial charge in [0.2, 0.25) is 5.91 Å². The van der Waals surface area contributed by atoms with Gasteiger partial charge >= 0.3 is 0 Å². The molecule has 1 aliphatic heterocycles. The van der Waals surface area contributed by atoms with E-state index in [-0.39, 0.29) is 17.4 Å². The highest BCUT2D eigenvalue weighted by atomic mass is 16.2. The van der Waals surface area contributed by atoms with Gasteiger partial charge in [0.15, 0.2) is 0 Å². The molecule has 1 fully saturated rings. The summed E-state index contributed by atoms with van der Waals surface area (Å²) >= 11 is 0. The van der Waals surface area contributed by atoms with Crippen LogP contribution in [0.1, 0.15) is 32.3 Å². The molecular formula is C15H23N3O. The van der Waals surface area contributed by atoms with Crippen molar-refractivity contribution in [1.82, 2.24) is 9.88 Å². The monoisotopic (exact) mass is 261 g/mol. The largest absolute Gasteiger partial charge is 0.341 e. The standard InChI is InChI=1S/C15H23N3O/c1-15(2)7-9-18(11-13(15)16)14(19)6-5-12-4-3-8-17-10-12/h3-4,8,10,13H,5-7,9,11,16H2,1-2H3. The summed E-state index contributed by atoms with van der Waals surface area (Å²) in [4.78, 5) is 18.1. The van der Waals surface area contributed by atoms with E-state index in [1.54, 1.807) is 6.20 Å². The van der Waals surface area contributed by atoms with Crippen LogP contribution >= 0.6 is 0 Å². The molecule has 0 aromatic carbocycles. The molecule has 104 valence electrons. The van der Waals surface area contributed by atoms with E-state index in [1.807, 2.05) is 23.2 Å². The summed E-state index contributed by atoms with van der Waals surface area (Å²) in [6.45, 7) is 5.86. The second-order valence-corrected chi connectivity index (χ2v) is 6.05. The van der Waals surface area contributed by atoms with Crippen LogP contribution in [0, 0.1) is 5.41 Å². The summed E-state index contributed by atoms with van der Waals surface area (Å²) in [5, 5.41) is 0. The lowest BCUT2D eigenvalue weighted by atomic mass is 9.78. The van der Waals surface area contributed by atoms with E-state index >= 15 is 0 Å². The van der Waals surface area contributed by atoms with Crippen LogP contribution in [0.25, 0.3) is 0 Å². The summed E-state index contributed by atoms with van der Waals surface area (Å²) in [7, 11) is 0. The molecule has 2 N–H and O–H groups in total. The Morgan fingerprint density at radius 2 is 2.37 bits per heavy atom. The normalized spacial score (nSPS) is 22.3. The van der Waals surface area contributed by atoms with Crippen molar-refractivity contribution in [2.75, 3.05) is 13.1 Å². The van der Waals surface area contributed by atoms with E-state index in [2.05, 4.69) is 18.8 Å². The van der Waals surface area contributed by atoms with Crippen LogP contribution in [0.5, 0.6) is 0 Å². The van der Waals surface area contributed by atoms with Crippen LogP contribution in [-0.2, 0) is 11.2 Å². The van der Waals surface area contributed by atoms with E-state index in [1.165, 1.54) is 0 Å². The van der Waals surface area contributed by atoms with E-state index in [0.29, 0.717) is 13.0 Å². The Hall–Kier alpha value is -1.42. The zero-order valence-corrected chi connectivity index (χ0v) is 11.8. The summed E-state index contributed by atoms with van der Waals surface area (Å²) in [5.74, 6) is 0.204. The molecule has 19 heavy (non-hydrogen) atoms. The van der Waals surface area contributed by atoms with Gasteiger partial charge in [-0.1, -0.05) is 19.9 Å². The molecule has 4 nitrogen and oxygen atoms in total. The minimum Gasteiger partial charge on any atom is -0.341 e. The summed E-state index contributed by atoms with van der Waals surface area (Å²) in [6, 6.07) is 3.98. The number of hydrogen-bond acceptors (Lipinski definition) is 3. The number of nitrogens with zero attached hydrogens (tertiary/aromatic N) is 2. The van der Waals surface area contributed by atoms with Gasteiger partial charge in [0.1, 0.15) is 0 Å². The molecule has 1 atom stereocenters. The van der Waals surface area contributed by atoms with Crippen LogP contribution in [0.15, 0.2) is 24.5 Å². The lowest BCUT2D eigenvalue weighted by molar-refractivity contribution is -0.133. The van der Waals surface area contributed by atoms with Crippen molar-refractivity contribution in [3.8, 4) is 0 Å². The van der Waals surface area contributed by atoms with Gasteiger partial charge in [0.25, 0.3) is 0 Å². The maximum absolute atomic E-state index is 12.2. The number of pyridine rings is 1. The van der Waals surface area contributed by atoms with Crippen molar-refractivity contribution in [3.63, 3.8) is 0 Å². The van der Waals surface area contributed by atoms with Gasteiger partial charge in [-0.2, -0.15) is 0 Å². The first-order chi connectivity index (χ1) is 8.99. The third-order valence-corrected chi connectivity index (χ3v) is 4.15. The van der Waals surface area contributed by atoms with Gasteiger partial charge in [-0.3, -0.25) is 9.78 Å². The number of amides is 1. The SMILES string of the molecule is CC1(C)CCN(C(=O)CCc2cccnc2)CC1N. The molecule has 2 heterocycles.